The van der Waals surface area contributed by atoms with E-state index in [-0.39, 0.29) is 5.56 Å². The van der Waals surface area contributed by atoms with Crippen molar-refractivity contribution in [2.45, 2.75) is 32.4 Å². The van der Waals surface area contributed by atoms with Crippen molar-refractivity contribution in [1.29, 1.82) is 0 Å². The van der Waals surface area contributed by atoms with Crippen LogP contribution in [0.15, 0.2) is 18.2 Å². The van der Waals surface area contributed by atoms with E-state index in [2.05, 4.69) is 10.2 Å². The van der Waals surface area contributed by atoms with Crippen LogP contribution in [-0.2, 0) is 6.54 Å². The van der Waals surface area contributed by atoms with Crippen LogP contribution in [0.2, 0.25) is 0 Å². The number of likely N-dealkylation sites (N-methyl/N-ethyl adjacent to an activating group) is 1. The molecule has 1 unspecified atom stereocenters. The first-order chi connectivity index (χ1) is 8.70. The van der Waals surface area contributed by atoms with Crippen molar-refractivity contribution in [1.82, 2.24) is 10.2 Å². The molecule has 18 heavy (non-hydrogen) atoms. The Morgan fingerprint density at radius 1 is 1.33 bits per heavy atom. The lowest BCUT2D eigenvalue weighted by molar-refractivity contribution is 0.246. The first-order valence-electron chi connectivity index (χ1n) is 6.59. The lowest BCUT2D eigenvalue weighted by Gasteiger charge is -2.24. The Balaban J connectivity index is 2.00. The third kappa shape index (κ3) is 3.27. The molecule has 100 valence electrons. The SMILES string of the molecule is CCN(Cc1c(F)cccc1F)CC1CCCN1. The van der Waals surface area contributed by atoms with E-state index >= 15 is 0 Å². The lowest BCUT2D eigenvalue weighted by atomic mass is 10.1. The molecule has 2 nitrogen and oxygen atoms in total. The van der Waals surface area contributed by atoms with E-state index in [0.29, 0.717) is 12.6 Å². The Bertz CT molecular complexity index is 369. The summed E-state index contributed by atoms with van der Waals surface area (Å²) in [7, 11) is 0. The maximum Gasteiger partial charge on any atom is 0.130 e. The quantitative estimate of drug-likeness (QED) is 0.868. The van der Waals surface area contributed by atoms with Gasteiger partial charge in [0.1, 0.15) is 11.6 Å². The first kappa shape index (κ1) is 13.4. The number of benzene rings is 1. The highest BCUT2D eigenvalue weighted by Crippen LogP contribution is 2.16. The number of hydrogen-bond acceptors (Lipinski definition) is 2. The van der Waals surface area contributed by atoms with Crippen LogP contribution < -0.4 is 5.32 Å². The Labute approximate surface area is 107 Å². The fourth-order valence-corrected chi connectivity index (χ4v) is 2.44. The molecule has 1 aromatic carbocycles. The molecule has 1 atom stereocenters. The molecular weight excluding hydrogens is 234 g/mol. The van der Waals surface area contributed by atoms with E-state index in [1.807, 2.05) is 6.92 Å². The van der Waals surface area contributed by atoms with Crippen LogP contribution in [0.3, 0.4) is 0 Å². The number of rotatable bonds is 5. The van der Waals surface area contributed by atoms with E-state index in [1.54, 1.807) is 0 Å². The van der Waals surface area contributed by atoms with Gasteiger partial charge in [-0.3, -0.25) is 4.90 Å². The topological polar surface area (TPSA) is 15.3 Å². The minimum absolute atomic E-state index is 0.178. The van der Waals surface area contributed by atoms with Crippen LogP contribution in [-0.4, -0.2) is 30.6 Å². The van der Waals surface area contributed by atoms with Crippen molar-refractivity contribution in [3.05, 3.63) is 35.4 Å². The average molecular weight is 254 g/mol. The Morgan fingerprint density at radius 3 is 2.61 bits per heavy atom. The highest BCUT2D eigenvalue weighted by molar-refractivity contribution is 5.19. The minimum atomic E-state index is -0.451. The van der Waals surface area contributed by atoms with Gasteiger partial charge in [0.2, 0.25) is 0 Å². The second kappa shape index (κ2) is 6.25. The standard InChI is InChI=1S/C14H20F2N2/c1-2-18(9-11-5-4-8-17-11)10-12-13(15)6-3-7-14(12)16/h3,6-7,11,17H,2,4-5,8-10H2,1H3. The molecule has 1 saturated heterocycles. The van der Waals surface area contributed by atoms with Crippen LogP contribution in [0.1, 0.15) is 25.3 Å². The maximum absolute atomic E-state index is 13.6. The highest BCUT2D eigenvalue weighted by Gasteiger charge is 2.19. The third-order valence-electron chi connectivity index (χ3n) is 3.53. The predicted octanol–water partition coefficient (Wildman–Crippen LogP) is 2.54. The van der Waals surface area contributed by atoms with E-state index < -0.39 is 11.6 Å². The van der Waals surface area contributed by atoms with Gasteiger partial charge in [0.15, 0.2) is 0 Å². The second-order valence-corrected chi connectivity index (χ2v) is 4.82. The maximum atomic E-state index is 13.6. The summed E-state index contributed by atoms with van der Waals surface area (Å²) < 4.78 is 27.2. The largest absolute Gasteiger partial charge is 0.313 e. The normalized spacial score (nSPS) is 19.7. The van der Waals surface area contributed by atoms with Gasteiger partial charge in [0.25, 0.3) is 0 Å². The third-order valence-corrected chi connectivity index (χ3v) is 3.53. The van der Waals surface area contributed by atoms with Gasteiger partial charge in [0, 0.05) is 24.7 Å². The zero-order chi connectivity index (χ0) is 13.0. The minimum Gasteiger partial charge on any atom is -0.313 e. The van der Waals surface area contributed by atoms with Crippen molar-refractivity contribution in [2.24, 2.45) is 0 Å². The summed E-state index contributed by atoms with van der Waals surface area (Å²) in [5.41, 5.74) is 0.178. The molecule has 0 saturated carbocycles. The molecule has 1 fully saturated rings. The molecule has 0 aromatic heterocycles. The summed E-state index contributed by atoms with van der Waals surface area (Å²) in [6.07, 6.45) is 2.34. The molecule has 2 rings (SSSR count). The summed E-state index contributed by atoms with van der Waals surface area (Å²) >= 11 is 0. The van der Waals surface area contributed by atoms with Gasteiger partial charge in [-0.05, 0) is 38.1 Å². The Hall–Kier alpha value is -1.00. The predicted molar refractivity (Wildman–Crippen MR) is 68.3 cm³/mol. The summed E-state index contributed by atoms with van der Waals surface area (Å²) in [6.45, 7) is 5.06. The smallest absolute Gasteiger partial charge is 0.130 e. The summed E-state index contributed by atoms with van der Waals surface area (Å²) in [5, 5.41) is 3.41. The Kier molecular flexibility index (Phi) is 4.66. The van der Waals surface area contributed by atoms with Gasteiger partial charge < -0.3 is 5.32 Å². The molecular formula is C14H20F2N2. The van der Waals surface area contributed by atoms with Crippen LogP contribution in [0, 0.1) is 11.6 Å². The van der Waals surface area contributed by atoms with Crippen LogP contribution in [0.5, 0.6) is 0 Å². The van der Waals surface area contributed by atoms with Gasteiger partial charge in [-0.15, -0.1) is 0 Å². The monoisotopic (exact) mass is 254 g/mol. The van der Waals surface area contributed by atoms with Gasteiger partial charge in [-0.1, -0.05) is 13.0 Å². The lowest BCUT2D eigenvalue weighted by Crippen LogP contribution is -2.37. The van der Waals surface area contributed by atoms with Crippen molar-refractivity contribution in [2.75, 3.05) is 19.6 Å². The van der Waals surface area contributed by atoms with Crippen LogP contribution >= 0.6 is 0 Å². The highest BCUT2D eigenvalue weighted by atomic mass is 19.1. The molecule has 0 amide bonds. The number of hydrogen-bond donors (Lipinski definition) is 1. The Morgan fingerprint density at radius 2 is 2.06 bits per heavy atom. The molecule has 1 N–H and O–H groups in total. The van der Waals surface area contributed by atoms with Crippen molar-refractivity contribution in [3.63, 3.8) is 0 Å². The van der Waals surface area contributed by atoms with Gasteiger partial charge >= 0.3 is 0 Å². The van der Waals surface area contributed by atoms with Gasteiger partial charge in [0.05, 0.1) is 0 Å². The number of nitrogens with one attached hydrogen (secondary N) is 1. The summed E-state index contributed by atoms with van der Waals surface area (Å²) in [6, 6.07) is 4.50. The van der Waals surface area contributed by atoms with Crippen molar-refractivity contribution >= 4 is 0 Å². The van der Waals surface area contributed by atoms with E-state index in [0.717, 1.165) is 26.1 Å². The van der Waals surface area contributed by atoms with Crippen molar-refractivity contribution in [3.8, 4) is 0 Å². The zero-order valence-corrected chi connectivity index (χ0v) is 10.8. The summed E-state index contributed by atoms with van der Waals surface area (Å²) in [4.78, 5) is 2.09. The molecule has 1 aliphatic rings. The van der Waals surface area contributed by atoms with Gasteiger partial charge in [-0.25, -0.2) is 8.78 Å². The molecule has 0 spiro atoms. The fraction of sp³-hybridized carbons (Fsp3) is 0.571. The van der Waals surface area contributed by atoms with Crippen molar-refractivity contribution < 1.29 is 8.78 Å². The second-order valence-electron chi connectivity index (χ2n) is 4.82. The van der Waals surface area contributed by atoms with E-state index in [4.69, 9.17) is 0 Å². The molecule has 4 heteroatoms. The van der Waals surface area contributed by atoms with Crippen LogP contribution in [0.4, 0.5) is 8.78 Å². The average Bonchev–Trinajstić information content (AvgIpc) is 2.85. The van der Waals surface area contributed by atoms with Gasteiger partial charge in [-0.2, -0.15) is 0 Å². The zero-order valence-electron chi connectivity index (χ0n) is 10.8. The molecule has 1 aliphatic heterocycles. The first-order valence-corrected chi connectivity index (χ1v) is 6.59. The molecule has 0 aliphatic carbocycles. The molecule has 0 bridgehead atoms. The molecule has 1 heterocycles. The number of nitrogens with zero attached hydrogens (tertiary/aromatic N) is 1. The molecule has 0 radical (unpaired) electrons. The van der Waals surface area contributed by atoms with E-state index in [9.17, 15) is 8.78 Å². The summed E-state index contributed by atoms with van der Waals surface area (Å²) in [5.74, 6) is -0.902. The van der Waals surface area contributed by atoms with Crippen LogP contribution in [0.25, 0.3) is 0 Å². The molecule has 1 aromatic rings. The van der Waals surface area contributed by atoms with E-state index in [1.165, 1.54) is 24.6 Å². The fourth-order valence-electron chi connectivity index (χ4n) is 2.44. The number of halogens is 2.